The minimum atomic E-state index is -0.742. The lowest BCUT2D eigenvalue weighted by atomic mass is 9.95. The van der Waals surface area contributed by atoms with Crippen molar-refractivity contribution in [3.05, 3.63) is 28.8 Å². The van der Waals surface area contributed by atoms with Crippen molar-refractivity contribution in [3.8, 4) is 5.75 Å². The average Bonchev–Trinajstić information content (AvgIpc) is 3.19. The van der Waals surface area contributed by atoms with Gasteiger partial charge in [-0.25, -0.2) is 0 Å². The van der Waals surface area contributed by atoms with E-state index in [-0.39, 0.29) is 12.1 Å². The van der Waals surface area contributed by atoms with Gasteiger partial charge in [-0.1, -0.05) is 17.7 Å². The van der Waals surface area contributed by atoms with Gasteiger partial charge >= 0.3 is 0 Å². The molecule has 2 fully saturated rings. The molecule has 5 heteroatoms. The van der Waals surface area contributed by atoms with E-state index < -0.39 is 11.2 Å². The van der Waals surface area contributed by atoms with Crippen molar-refractivity contribution in [2.24, 2.45) is 0 Å². The number of hydrogen-bond acceptors (Lipinski definition) is 5. The minimum Gasteiger partial charge on any atom is -0.507 e. The van der Waals surface area contributed by atoms with Crippen molar-refractivity contribution in [1.29, 1.82) is 0 Å². The molecule has 3 N–H and O–H groups in total. The standard InChI is InChI=1S/C23H38N2O3/c1-16-12-17(14-24-10-6-8-19(24)22(2,3)27)21(26)18(13-16)15-25-11-7-9-20(25)23(4,5)28/h12-13,19-20,26-28H,6-11,14-15H2,1-5H3. The highest BCUT2D eigenvalue weighted by atomic mass is 16.3. The highest BCUT2D eigenvalue weighted by molar-refractivity contribution is 5.43. The molecule has 0 spiro atoms. The van der Waals surface area contributed by atoms with Gasteiger partial charge in [0.05, 0.1) is 11.2 Å². The summed E-state index contributed by atoms with van der Waals surface area (Å²) in [7, 11) is 0. The smallest absolute Gasteiger partial charge is 0.124 e. The highest BCUT2D eigenvalue weighted by Crippen LogP contribution is 2.34. The van der Waals surface area contributed by atoms with Gasteiger partial charge in [-0.2, -0.15) is 0 Å². The van der Waals surface area contributed by atoms with Gasteiger partial charge in [0, 0.05) is 36.3 Å². The Morgan fingerprint density at radius 2 is 1.25 bits per heavy atom. The fourth-order valence-corrected chi connectivity index (χ4v) is 5.24. The normalized spacial score (nSPS) is 25.0. The predicted octanol–water partition coefficient (Wildman–Crippen LogP) is 3.17. The molecule has 28 heavy (non-hydrogen) atoms. The molecule has 2 aliphatic heterocycles. The number of likely N-dealkylation sites (tertiary alicyclic amines) is 2. The summed E-state index contributed by atoms with van der Waals surface area (Å²) in [6.07, 6.45) is 4.14. The summed E-state index contributed by atoms with van der Waals surface area (Å²) in [5.74, 6) is 0.369. The Kier molecular flexibility index (Phi) is 6.12. The lowest BCUT2D eigenvalue weighted by Gasteiger charge is -2.35. The van der Waals surface area contributed by atoms with E-state index in [0.29, 0.717) is 18.8 Å². The van der Waals surface area contributed by atoms with Crippen LogP contribution < -0.4 is 0 Å². The van der Waals surface area contributed by atoms with Crippen LogP contribution >= 0.6 is 0 Å². The molecule has 158 valence electrons. The predicted molar refractivity (Wildman–Crippen MR) is 112 cm³/mol. The molecule has 0 saturated carbocycles. The maximum absolute atomic E-state index is 11.0. The number of phenolic OH excluding ortho intramolecular Hbond substituents is 1. The number of benzene rings is 1. The molecule has 2 heterocycles. The summed E-state index contributed by atoms with van der Waals surface area (Å²) in [6, 6.07) is 4.37. The average molecular weight is 391 g/mol. The maximum atomic E-state index is 11.0. The first-order valence-corrected chi connectivity index (χ1v) is 10.7. The van der Waals surface area contributed by atoms with E-state index in [4.69, 9.17) is 0 Å². The van der Waals surface area contributed by atoms with Gasteiger partial charge in [0.2, 0.25) is 0 Å². The first-order valence-electron chi connectivity index (χ1n) is 10.7. The third-order valence-electron chi connectivity index (χ3n) is 6.52. The van der Waals surface area contributed by atoms with Gasteiger partial charge in [0.1, 0.15) is 5.75 Å². The number of nitrogens with zero attached hydrogens (tertiary/aromatic N) is 2. The highest BCUT2D eigenvalue weighted by Gasteiger charge is 2.37. The van der Waals surface area contributed by atoms with Crippen LogP contribution in [0, 0.1) is 6.92 Å². The molecule has 0 bridgehead atoms. The number of aromatic hydroxyl groups is 1. The molecular weight excluding hydrogens is 352 g/mol. The second-order valence-corrected chi connectivity index (χ2v) is 10.00. The summed E-state index contributed by atoms with van der Waals surface area (Å²) < 4.78 is 0. The van der Waals surface area contributed by atoms with Crippen LogP contribution in [0.25, 0.3) is 0 Å². The molecule has 5 nitrogen and oxygen atoms in total. The van der Waals surface area contributed by atoms with Crippen LogP contribution in [-0.2, 0) is 13.1 Å². The Balaban J connectivity index is 1.81. The summed E-state index contributed by atoms with van der Waals surface area (Å²) >= 11 is 0. The Labute approximate surface area is 170 Å². The Morgan fingerprint density at radius 1 is 0.857 bits per heavy atom. The molecule has 2 aliphatic rings. The van der Waals surface area contributed by atoms with Crippen molar-refractivity contribution in [2.75, 3.05) is 13.1 Å². The molecule has 0 radical (unpaired) electrons. The zero-order chi connectivity index (χ0) is 20.7. The second kappa shape index (κ2) is 7.94. The maximum Gasteiger partial charge on any atom is 0.124 e. The third kappa shape index (κ3) is 4.70. The number of aliphatic hydroxyl groups is 2. The molecule has 2 unspecified atom stereocenters. The number of phenols is 1. The van der Waals surface area contributed by atoms with E-state index in [1.54, 1.807) is 0 Å². The van der Waals surface area contributed by atoms with E-state index in [2.05, 4.69) is 28.9 Å². The Morgan fingerprint density at radius 3 is 1.61 bits per heavy atom. The molecule has 2 saturated heterocycles. The zero-order valence-corrected chi connectivity index (χ0v) is 18.2. The van der Waals surface area contributed by atoms with E-state index in [1.165, 1.54) is 0 Å². The van der Waals surface area contributed by atoms with Gasteiger partial charge in [-0.3, -0.25) is 9.80 Å². The van der Waals surface area contributed by atoms with E-state index >= 15 is 0 Å². The monoisotopic (exact) mass is 390 g/mol. The van der Waals surface area contributed by atoms with Crippen LogP contribution in [0.1, 0.15) is 70.1 Å². The summed E-state index contributed by atoms with van der Waals surface area (Å²) in [6.45, 7) is 12.8. The SMILES string of the molecule is Cc1cc(CN2CCCC2C(C)(C)O)c(O)c(CN2CCCC2C(C)(C)O)c1. The topological polar surface area (TPSA) is 67.2 Å². The molecule has 3 rings (SSSR count). The quantitative estimate of drug-likeness (QED) is 0.696. The van der Waals surface area contributed by atoms with Crippen molar-refractivity contribution >= 4 is 0 Å². The number of aryl methyl sites for hydroxylation is 1. The van der Waals surface area contributed by atoms with E-state index in [0.717, 1.165) is 55.5 Å². The Hall–Kier alpha value is -1.14. The summed E-state index contributed by atoms with van der Waals surface area (Å²) in [4.78, 5) is 4.60. The van der Waals surface area contributed by atoms with Crippen molar-refractivity contribution in [1.82, 2.24) is 9.80 Å². The van der Waals surface area contributed by atoms with Gasteiger partial charge in [-0.15, -0.1) is 0 Å². The van der Waals surface area contributed by atoms with E-state index in [9.17, 15) is 15.3 Å². The molecule has 0 aromatic heterocycles. The largest absolute Gasteiger partial charge is 0.507 e. The summed E-state index contributed by atoms with van der Waals surface area (Å²) in [5, 5.41) is 32.0. The van der Waals surface area contributed by atoms with Crippen molar-refractivity contribution < 1.29 is 15.3 Å². The lowest BCUT2D eigenvalue weighted by Crippen LogP contribution is -2.45. The number of rotatable bonds is 6. The van der Waals surface area contributed by atoms with Gasteiger partial charge in [0.15, 0.2) is 0 Å². The van der Waals surface area contributed by atoms with Crippen molar-refractivity contribution in [3.63, 3.8) is 0 Å². The fourth-order valence-electron chi connectivity index (χ4n) is 5.24. The van der Waals surface area contributed by atoms with E-state index in [1.807, 2.05) is 27.7 Å². The third-order valence-corrected chi connectivity index (χ3v) is 6.52. The molecule has 0 amide bonds. The van der Waals surface area contributed by atoms with Crippen molar-refractivity contribution in [2.45, 2.75) is 96.7 Å². The van der Waals surface area contributed by atoms with Crippen LogP contribution in [0.3, 0.4) is 0 Å². The molecule has 0 aliphatic carbocycles. The zero-order valence-electron chi connectivity index (χ0n) is 18.2. The fraction of sp³-hybridized carbons (Fsp3) is 0.739. The van der Waals surface area contributed by atoms with Crippen LogP contribution in [0.2, 0.25) is 0 Å². The van der Waals surface area contributed by atoms with Gasteiger partial charge in [-0.05, 0) is 73.4 Å². The molecular formula is C23H38N2O3. The van der Waals surface area contributed by atoms with Crippen LogP contribution in [0.5, 0.6) is 5.75 Å². The van der Waals surface area contributed by atoms with Gasteiger partial charge < -0.3 is 15.3 Å². The van der Waals surface area contributed by atoms with Crippen LogP contribution in [-0.4, -0.2) is 61.5 Å². The van der Waals surface area contributed by atoms with Crippen LogP contribution in [0.15, 0.2) is 12.1 Å². The molecule has 1 aromatic carbocycles. The molecule has 1 aromatic rings. The van der Waals surface area contributed by atoms with Crippen LogP contribution in [0.4, 0.5) is 0 Å². The Bertz CT molecular complexity index is 635. The first-order chi connectivity index (χ1) is 13.0. The lowest BCUT2D eigenvalue weighted by molar-refractivity contribution is -0.00562. The molecule has 2 atom stereocenters. The first kappa shape index (κ1) is 21.6. The number of hydrogen-bond donors (Lipinski definition) is 3. The summed E-state index contributed by atoms with van der Waals surface area (Å²) in [5.41, 5.74) is 1.53. The second-order valence-electron chi connectivity index (χ2n) is 10.00. The van der Waals surface area contributed by atoms with Gasteiger partial charge in [0.25, 0.3) is 0 Å². The minimum absolute atomic E-state index is 0.119.